The summed E-state index contributed by atoms with van der Waals surface area (Å²) in [5, 5.41) is 6.21. The molecular formula is C24H32N2O2S. The minimum atomic E-state index is -0.238. The van der Waals surface area contributed by atoms with Gasteiger partial charge in [-0.2, -0.15) is 0 Å². The van der Waals surface area contributed by atoms with Crippen molar-refractivity contribution in [2.24, 2.45) is 0 Å². The van der Waals surface area contributed by atoms with Gasteiger partial charge in [0.1, 0.15) is 5.75 Å². The van der Waals surface area contributed by atoms with Gasteiger partial charge in [-0.05, 0) is 66.9 Å². The molecule has 0 aliphatic rings. The largest absolute Gasteiger partial charge is 0.494 e. The van der Waals surface area contributed by atoms with Gasteiger partial charge in [-0.3, -0.25) is 10.1 Å². The van der Waals surface area contributed by atoms with Crippen LogP contribution < -0.4 is 15.4 Å². The van der Waals surface area contributed by atoms with Gasteiger partial charge in [0.05, 0.1) is 6.61 Å². The first-order chi connectivity index (χ1) is 14.0. The standard InChI is InChI=1S/C24H32N2O2S/c1-4-6-7-10-17-28-20-15-13-19(14-16-20)23(27)26-24(29)25-22-12-9-8-11-21(22)18(3)5-2/h8-9,11-16,18H,4-7,10,17H2,1-3H3,(H2,25,26,27,29)/t18-/m0/s1. The van der Waals surface area contributed by atoms with E-state index in [1.807, 2.05) is 30.3 Å². The first kappa shape index (κ1) is 22.9. The van der Waals surface area contributed by atoms with Crippen molar-refractivity contribution < 1.29 is 9.53 Å². The van der Waals surface area contributed by atoms with Crippen molar-refractivity contribution in [2.45, 2.75) is 58.8 Å². The Bertz CT molecular complexity index is 790. The first-order valence-corrected chi connectivity index (χ1v) is 10.9. The summed E-state index contributed by atoms with van der Waals surface area (Å²) in [6.07, 6.45) is 5.71. The molecule has 0 bridgehead atoms. The number of benzene rings is 2. The quantitative estimate of drug-likeness (QED) is 0.356. The third-order valence-corrected chi connectivity index (χ3v) is 5.17. The van der Waals surface area contributed by atoms with E-state index >= 15 is 0 Å². The van der Waals surface area contributed by atoms with Gasteiger partial charge in [0.2, 0.25) is 0 Å². The number of rotatable bonds is 10. The van der Waals surface area contributed by atoms with Crippen molar-refractivity contribution >= 4 is 28.9 Å². The van der Waals surface area contributed by atoms with Gasteiger partial charge >= 0.3 is 0 Å². The average molecular weight is 413 g/mol. The second-order valence-electron chi connectivity index (χ2n) is 7.24. The molecule has 0 unspecified atom stereocenters. The van der Waals surface area contributed by atoms with E-state index in [2.05, 4.69) is 37.5 Å². The van der Waals surface area contributed by atoms with E-state index in [0.29, 0.717) is 23.2 Å². The smallest absolute Gasteiger partial charge is 0.257 e. The van der Waals surface area contributed by atoms with Crippen LogP contribution in [0.1, 0.15) is 74.7 Å². The van der Waals surface area contributed by atoms with Crippen LogP contribution in [0.5, 0.6) is 5.75 Å². The number of unbranched alkanes of at least 4 members (excludes halogenated alkanes) is 3. The number of anilines is 1. The van der Waals surface area contributed by atoms with Crippen molar-refractivity contribution in [1.29, 1.82) is 0 Å². The second kappa shape index (κ2) is 12.2. The lowest BCUT2D eigenvalue weighted by atomic mass is 9.97. The Kier molecular flexibility index (Phi) is 9.65. The number of ether oxygens (including phenoxy) is 1. The molecule has 2 aromatic carbocycles. The Morgan fingerprint density at radius 2 is 1.76 bits per heavy atom. The molecule has 0 saturated heterocycles. The van der Waals surface area contributed by atoms with Crippen LogP contribution >= 0.6 is 12.2 Å². The van der Waals surface area contributed by atoms with Crippen LogP contribution in [-0.2, 0) is 0 Å². The van der Waals surface area contributed by atoms with E-state index in [0.717, 1.165) is 24.3 Å². The Hall–Kier alpha value is -2.40. The summed E-state index contributed by atoms with van der Waals surface area (Å²) in [7, 11) is 0. The van der Waals surface area contributed by atoms with E-state index in [9.17, 15) is 4.79 Å². The first-order valence-electron chi connectivity index (χ1n) is 10.5. The van der Waals surface area contributed by atoms with E-state index in [1.54, 1.807) is 12.1 Å². The van der Waals surface area contributed by atoms with Crippen LogP contribution in [0, 0.1) is 0 Å². The molecule has 0 spiro atoms. The SMILES string of the molecule is CCCCCCOc1ccc(C(=O)NC(=S)Nc2ccccc2[C@@H](C)CC)cc1. The van der Waals surface area contributed by atoms with Crippen molar-refractivity contribution in [3.63, 3.8) is 0 Å². The van der Waals surface area contributed by atoms with Gasteiger partial charge in [0, 0.05) is 11.3 Å². The second-order valence-corrected chi connectivity index (χ2v) is 7.65. The molecular weight excluding hydrogens is 380 g/mol. The van der Waals surface area contributed by atoms with Crippen LogP contribution in [0.15, 0.2) is 48.5 Å². The summed E-state index contributed by atoms with van der Waals surface area (Å²) in [4.78, 5) is 12.5. The highest BCUT2D eigenvalue weighted by Gasteiger charge is 2.12. The molecule has 0 aliphatic carbocycles. The Balaban J connectivity index is 1.88. The van der Waals surface area contributed by atoms with Crippen LogP contribution in [0.25, 0.3) is 0 Å². The van der Waals surface area contributed by atoms with Crippen LogP contribution in [0.4, 0.5) is 5.69 Å². The van der Waals surface area contributed by atoms with Gasteiger partial charge in [0.25, 0.3) is 5.91 Å². The fourth-order valence-electron chi connectivity index (χ4n) is 3.01. The highest BCUT2D eigenvalue weighted by Crippen LogP contribution is 2.26. The number of amides is 1. The Morgan fingerprint density at radius 3 is 2.45 bits per heavy atom. The third-order valence-electron chi connectivity index (χ3n) is 4.96. The molecule has 2 N–H and O–H groups in total. The zero-order valence-electron chi connectivity index (χ0n) is 17.7. The van der Waals surface area contributed by atoms with Crippen molar-refractivity contribution in [1.82, 2.24) is 5.32 Å². The summed E-state index contributed by atoms with van der Waals surface area (Å²) >= 11 is 5.34. The van der Waals surface area contributed by atoms with Gasteiger partial charge in [-0.1, -0.05) is 58.2 Å². The predicted octanol–water partition coefficient (Wildman–Crippen LogP) is 6.29. The highest BCUT2D eigenvalue weighted by atomic mass is 32.1. The molecule has 1 atom stereocenters. The van der Waals surface area contributed by atoms with Gasteiger partial charge in [-0.15, -0.1) is 0 Å². The molecule has 0 radical (unpaired) electrons. The lowest BCUT2D eigenvalue weighted by Crippen LogP contribution is -2.34. The maximum atomic E-state index is 12.5. The van der Waals surface area contributed by atoms with Crippen LogP contribution in [0.3, 0.4) is 0 Å². The molecule has 0 aliphatic heterocycles. The lowest BCUT2D eigenvalue weighted by molar-refractivity contribution is 0.0977. The number of carbonyl (C=O) groups is 1. The molecule has 4 nitrogen and oxygen atoms in total. The monoisotopic (exact) mass is 412 g/mol. The predicted molar refractivity (Wildman–Crippen MR) is 125 cm³/mol. The van der Waals surface area contributed by atoms with Crippen LogP contribution in [0.2, 0.25) is 0 Å². The minimum Gasteiger partial charge on any atom is -0.494 e. The molecule has 0 heterocycles. The van der Waals surface area contributed by atoms with Crippen molar-refractivity contribution in [2.75, 3.05) is 11.9 Å². The molecule has 0 fully saturated rings. The molecule has 0 saturated carbocycles. The molecule has 2 aromatic rings. The van der Waals surface area contributed by atoms with E-state index in [-0.39, 0.29) is 5.91 Å². The Labute approximate surface area is 180 Å². The van der Waals surface area contributed by atoms with Crippen molar-refractivity contribution in [3.8, 4) is 5.75 Å². The fourth-order valence-corrected chi connectivity index (χ4v) is 3.21. The summed E-state index contributed by atoms with van der Waals surface area (Å²) in [6, 6.07) is 15.2. The number of thiocarbonyl (C=S) groups is 1. The molecule has 0 aromatic heterocycles. The zero-order valence-corrected chi connectivity index (χ0v) is 18.5. The topological polar surface area (TPSA) is 50.4 Å². The van der Waals surface area contributed by atoms with E-state index < -0.39 is 0 Å². The highest BCUT2D eigenvalue weighted by molar-refractivity contribution is 7.80. The fraction of sp³-hybridized carbons (Fsp3) is 0.417. The molecule has 29 heavy (non-hydrogen) atoms. The third kappa shape index (κ3) is 7.50. The maximum absolute atomic E-state index is 12.5. The average Bonchev–Trinajstić information content (AvgIpc) is 2.73. The Morgan fingerprint density at radius 1 is 1.03 bits per heavy atom. The zero-order chi connectivity index (χ0) is 21.1. The van der Waals surface area contributed by atoms with E-state index in [4.69, 9.17) is 17.0 Å². The number of nitrogens with one attached hydrogen (secondary N) is 2. The summed E-state index contributed by atoms with van der Waals surface area (Å²) in [6.45, 7) is 7.22. The summed E-state index contributed by atoms with van der Waals surface area (Å²) in [5.41, 5.74) is 2.66. The number of carbonyl (C=O) groups excluding carboxylic acids is 1. The molecule has 5 heteroatoms. The van der Waals surface area contributed by atoms with Gasteiger partial charge in [0.15, 0.2) is 5.11 Å². The molecule has 2 rings (SSSR count). The summed E-state index contributed by atoms with van der Waals surface area (Å²) in [5.74, 6) is 0.950. The number of hydrogen-bond acceptors (Lipinski definition) is 3. The van der Waals surface area contributed by atoms with Crippen molar-refractivity contribution in [3.05, 3.63) is 59.7 Å². The van der Waals surface area contributed by atoms with Gasteiger partial charge < -0.3 is 10.1 Å². The molecule has 1 amide bonds. The molecule has 156 valence electrons. The van der Waals surface area contributed by atoms with E-state index in [1.165, 1.54) is 24.8 Å². The minimum absolute atomic E-state index is 0.238. The maximum Gasteiger partial charge on any atom is 0.257 e. The lowest BCUT2D eigenvalue weighted by Gasteiger charge is -2.17. The number of para-hydroxylation sites is 1. The number of hydrogen-bond donors (Lipinski definition) is 2. The van der Waals surface area contributed by atoms with Crippen LogP contribution in [-0.4, -0.2) is 17.6 Å². The van der Waals surface area contributed by atoms with Gasteiger partial charge in [-0.25, -0.2) is 0 Å². The normalized spacial score (nSPS) is 11.6. The summed E-state index contributed by atoms with van der Waals surface area (Å²) < 4.78 is 5.72.